The Bertz CT molecular complexity index is 850. The normalized spacial score (nSPS) is 21.5. The number of nitriles is 1. The third kappa shape index (κ3) is 4.44. The van der Waals surface area contributed by atoms with Gasteiger partial charge in [0.15, 0.2) is 0 Å². The molecule has 5 nitrogen and oxygen atoms in total. The first kappa shape index (κ1) is 21.7. The summed E-state index contributed by atoms with van der Waals surface area (Å²) in [6.07, 6.45) is 3.74. The molecule has 156 valence electrons. The molecule has 1 unspecified atom stereocenters. The summed E-state index contributed by atoms with van der Waals surface area (Å²) in [6.45, 7) is 12.0. The van der Waals surface area contributed by atoms with Crippen LogP contribution in [0.15, 0.2) is 17.7 Å². The maximum absolute atomic E-state index is 12.7. The molecule has 0 N–H and O–H groups in total. The van der Waals surface area contributed by atoms with Crippen molar-refractivity contribution >= 4 is 29.3 Å². The van der Waals surface area contributed by atoms with E-state index in [0.29, 0.717) is 37.2 Å². The predicted molar refractivity (Wildman–Crippen MR) is 117 cm³/mol. The third-order valence-electron chi connectivity index (χ3n) is 5.90. The molecule has 0 spiro atoms. The fraction of sp³-hybridized carbons (Fsp3) is 0.565. The molecule has 0 bridgehead atoms. The van der Waals surface area contributed by atoms with Crippen LogP contribution in [0.2, 0.25) is 5.02 Å². The minimum Gasteiger partial charge on any atom is -0.378 e. The number of anilines is 1. The van der Waals surface area contributed by atoms with Crippen molar-refractivity contribution in [2.75, 3.05) is 37.7 Å². The minimum atomic E-state index is -0.258. The number of carbonyl (C=O) groups is 1. The molecule has 3 rings (SSSR count). The monoisotopic (exact) mass is 415 g/mol. The first-order chi connectivity index (χ1) is 13.8. The Morgan fingerprint density at radius 1 is 1.38 bits per heavy atom. The zero-order valence-corrected chi connectivity index (χ0v) is 18.6. The number of carbonyl (C=O) groups excluding carboxylic acids is 1. The number of rotatable bonds is 4. The summed E-state index contributed by atoms with van der Waals surface area (Å²) in [5, 5.41) is 10.2. The highest BCUT2D eigenvalue weighted by Gasteiger charge is 2.36. The van der Waals surface area contributed by atoms with Gasteiger partial charge in [0.05, 0.1) is 13.2 Å². The van der Waals surface area contributed by atoms with Gasteiger partial charge in [0.1, 0.15) is 11.6 Å². The Hall–Kier alpha value is -2.03. The molecule has 29 heavy (non-hydrogen) atoms. The number of benzene rings is 1. The number of nitrogens with zero attached hydrogens (tertiary/aromatic N) is 3. The van der Waals surface area contributed by atoms with Gasteiger partial charge in [0, 0.05) is 35.9 Å². The average Bonchev–Trinajstić information content (AvgIpc) is 2.69. The molecule has 0 aromatic heterocycles. The van der Waals surface area contributed by atoms with Crippen LogP contribution in [0.25, 0.3) is 6.08 Å². The van der Waals surface area contributed by atoms with Crippen molar-refractivity contribution in [2.45, 2.75) is 52.0 Å². The van der Waals surface area contributed by atoms with Crippen molar-refractivity contribution in [3.05, 3.63) is 33.9 Å². The Kier molecular flexibility index (Phi) is 6.55. The van der Waals surface area contributed by atoms with Crippen molar-refractivity contribution in [1.29, 1.82) is 5.26 Å². The number of amides is 1. The molecule has 1 fully saturated rings. The highest BCUT2D eigenvalue weighted by molar-refractivity contribution is 6.32. The van der Waals surface area contributed by atoms with Gasteiger partial charge >= 0.3 is 0 Å². The molecule has 0 saturated carbocycles. The summed E-state index contributed by atoms with van der Waals surface area (Å²) < 4.78 is 5.30. The van der Waals surface area contributed by atoms with E-state index in [1.165, 1.54) is 5.56 Å². The molecule has 6 heteroatoms. The largest absolute Gasteiger partial charge is 0.378 e. The molecular weight excluding hydrogens is 386 g/mol. The highest BCUT2D eigenvalue weighted by atomic mass is 35.5. The molecule has 2 aliphatic heterocycles. The fourth-order valence-corrected chi connectivity index (χ4v) is 4.73. The van der Waals surface area contributed by atoms with E-state index in [1.54, 1.807) is 11.0 Å². The van der Waals surface area contributed by atoms with E-state index in [2.05, 4.69) is 44.7 Å². The van der Waals surface area contributed by atoms with E-state index in [9.17, 15) is 10.1 Å². The van der Waals surface area contributed by atoms with Crippen LogP contribution in [0.1, 0.15) is 57.6 Å². The van der Waals surface area contributed by atoms with Gasteiger partial charge in [-0.15, -0.1) is 0 Å². The van der Waals surface area contributed by atoms with Gasteiger partial charge in [-0.1, -0.05) is 25.4 Å². The van der Waals surface area contributed by atoms with Gasteiger partial charge in [-0.3, -0.25) is 4.79 Å². The molecule has 0 radical (unpaired) electrons. The summed E-state index contributed by atoms with van der Waals surface area (Å²) in [5.74, 6) is 0.115. The smallest absolute Gasteiger partial charge is 0.264 e. The molecule has 1 amide bonds. The predicted octanol–water partition coefficient (Wildman–Crippen LogP) is 4.61. The second kappa shape index (κ2) is 8.77. The van der Waals surface area contributed by atoms with Crippen LogP contribution < -0.4 is 4.90 Å². The topological polar surface area (TPSA) is 56.6 Å². The third-order valence-corrected chi connectivity index (χ3v) is 6.23. The van der Waals surface area contributed by atoms with Crippen LogP contribution in [0, 0.1) is 11.3 Å². The van der Waals surface area contributed by atoms with Crippen LogP contribution in [0.4, 0.5) is 5.69 Å². The Morgan fingerprint density at radius 2 is 2.07 bits per heavy atom. The van der Waals surface area contributed by atoms with Gasteiger partial charge < -0.3 is 14.5 Å². The van der Waals surface area contributed by atoms with Gasteiger partial charge in [0.25, 0.3) is 5.91 Å². The quantitative estimate of drug-likeness (QED) is 0.532. The van der Waals surface area contributed by atoms with E-state index in [1.807, 2.05) is 6.07 Å². The maximum atomic E-state index is 12.7. The SMILES string of the molecule is CCCN1c2cc(Cl)c(/C=C(\C#N)C(=O)N3CCOCC3)cc2C(C)CC1(C)C. The number of hydrogen-bond donors (Lipinski definition) is 0. The number of morpholine rings is 1. The number of hydrogen-bond acceptors (Lipinski definition) is 4. The van der Waals surface area contributed by atoms with Gasteiger partial charge in [-0.05, 0) is 61.9 Å². The molecule has 2 heterocycles. The van der Waals surface area contributed by atoms with Gasteiger partial charge in [0.2, 0.25) is 0 Å². The zero-order valence-electron chi connectivity index (χ0n) is 17.8. The zero-order chi connectivity index (χ0) is 21.2. The number of fused-ring (bicyclic) bond motifs is 1. The summed E-state index contributed by atoms with van der Waals surface area (Å²) in [5.41, 5.74) is 3.29. The molecule has 0 aliphatic carbocycles. The highest BCUT2D eigenvalue weighted by Crippen LogP contribution is 2.45. The molecule has 1 saturated heterocycles. The lowest BCUT2D eigenvalue weighted by molar-refractivity contribution is -0.130. The minimum absolute atomic E-state index is 0.0627. The van der Waals surface area contributed by atoms with E-state index >= 15 is 0 Å². The molecule has 1 atom stereocenters. The Labute approximate surface area is 178 Å². The lowest BCUT2D eigenvalue weighted by atomic mass is 9.79. The van der Waals surface area contributed by atoms with Crippen LogP contribution in [-0.2, 0) is 9.53 Å². The second-order valence-corrected chi connectivity index (χ2v) is 8.98. The lowest BCUT2D eigenvalue weighted by Crippen LogP contribution is -2.48. The van der Waals surface area contributed by atoms with Crippen LogP contribution in [0.3, 0.4) is 0 Å². The first-order valence-corrected chi connectivity index (χ1v) is 10.8. The number of halogens is 1. The molecule has 1 aromatic carbocycles. The van der Waals surface area contributed by atoms with Crippen molar-refractivity contribution in [3.63, 3.8) is 0 Å². The maximum Gasteiger partial charge on any atom is 0.264 e. The summed E-state index contributed by atoms with van der Waals surface area (Å²) >= 11 is 6.63. The first-order valence-electron chi connectivity index (χ1n) is 10.4. The van der Waals surface area contributed by atoms with E-state index in [-0.39, 0.29) is 17.0 Å². The lowest BCUT2D eigenvalue weighted by Gasteiger charge is -2.47. The van der Waals surface area contributed by atoms with Crippen molar-refractivity contribution in [2.24, 2.45) is 0 Å². The van der Waals surface area contributed by atoms with E-state index in [4.69, 9.17) is 16.3 Å². The Morgan fingerprint density at radius 3 is 2.69 bits per heavy atom. The van der Waals surface area contributed by atoms with E-state index < -0.39 is 0 Å². The van der Waals surface area contributed by atoms with E-state index in [0.717, 1.165) is 30.6 Å². The standard InChI is InChI=1S/C23H30ClN3O2/c1-5-6-27-21-13-20(24)17(12-19(21)16(2)14-23(27,3)4)11-18(15-25)22(28)26-7-9-29-10-8-26/h11-13,16H,5-10,14H2,1-4H3/b18-11+. The number of ether oxygens (including phenoxy) is 1. The summed E-state index contributed by atoms with van der Waals surface area (Å²) in [6, 6.07) is 6.13. The van der Waals surface area contributed by atoms with Crippen LogP contribution in [-0.4, -0.2) is 49.2 Å². The second-order valence-electron chi connectivity index (χ2n) is 8.58. The molecule has 2 aliphatic rings. The van der Waals surface area contributed by atoms with Crippen LogP contribution >= 0.6 is 11.6 Å². The molecule has 1 aromatic rings. The van der Waals surface area contributed by atoms with Crippen molar-refractivity contribution < 1.29 is 9.53 Å². The van der Waals surface area contributed by atoms with Crippen LogP contribution in [0.5, 0.6) is 0 Å². The van der Waals surface area contributed by atoms with Gasteiger partial charge in [-0.2, -0.15) is 5.26 Å². The van der Waals surface area contributed by atoms with Crippen molar-refractivity contribution in [1.82, 2.24) is 4.90 Å². The summed E-state index contributed by atoms with van der Waals surface area (Å²) in [4.78, 5) is 16.9. The summed E-state index contributed by atoms with van der Waals surface area (Å²) in [7, 11) is 0. The van der Waals surface area contributed by atoms with Crippen molar-refractivity contribution in [3.8, 4) is 6.07 Å². The average molecular weight is 416 g/mol. The molecular formula is C23H30ClN3O2. The fourth-order valence-electron chi connectivity index (χ4n) is 4.51. The Balaban J connectivity index is 1.99. The van der Waals surface area contributed by atoms with Gasteiger partial charge in [-0.25, -0.2) is 0 Å².